The average molecular weight is 288 g/mol. The maximum atomic E-state index is 8.80. The van der Waals surface area contributed by atoms with Crippen LogP contribution < -0.4 is 5.32 Å². The minimum absolute atomic E-state index is 0.592. The highest BCUT2D eigenvalue weighted by atomic mass is 79.9. The molecule has 0 saturated carbocycles. The van der Waals surface area contributed by atoms with Gasteiger partial charge in [-0.1, -0.05) is 15.9 Å². The molecule has 0 aliphatic heterocycles. The van der Waals surface area contributed by atoms with Gasteiger partial charge in [-0.15, -0.1) is 0 Å². The molecule has 0 unspecified atom stereocenters. The van der Waals surface area contributed by atoms with Crippen molar-refractivity contribution >= 4 is 27.4 Å². The van der Waals surface area contributed by atoms with Crippen molar-refractivity contribution in [1.82, 2.24) is 4.98 Å². The minimum Gasteiger partial charge on any atom is -0.340 e. The van der Waals surface area contributed by atoms with E-state index in [0.717, 1.165) is 15.7 Å². The lowest BCUT2D eigenvalue weighted by molar-refractivity contribution is 1.29. The Morgan fingerprint density at radius 2 is 2.12 bits per heavy atom. The van der Waals surface area contributed by atoms with Crippen molar-refractivity contribution in [2.75, 3.05) is 5.32 Å². The molecule has 0 saturated heterocycles. The maximum Gasteiger partial charge on any atom is 0.131 e. The number of anilines is 2. The summed E-state index contributed by atoms with van der Waals surface area (Å²) in [5, 5.41) is 12.0. The number of hydrogen-bond acceptors (Lipinski definition) is 3. The Bertz CT molecular complexity index is 567. The Hall–Kier alpha value is -1.86. The summed E-state index contributed by atoms with van der Waals surface area (Å²) in [4.78, 5) is 4.16. The van der Waals surface area contributed by atoms with Crippen molar-refractivity contribution in [3.05, 3.63) is 52.1 Å². The van der Waals surface area contributed by atoms with E-state index in [1.165, 1.54) is 0 Å². The van der Waals surface area contributed by atoms with Gasteiger partial charge in [-0.3, -0.25) is 0 Å². The number of halogens is 1. The van der Waals surface area contributed by atoms with E-state index < -0.39 is 0 Å². The Kier molecular flexibility index (Phi) is 3.40. The zero-order valence-electron chi connectivity index (χ0n) is 9.24. The highest BCUT2D eigenvalue weighted by Gasteiger charge is 2.00. The molecule has 17 heavy (non-hydrogen) atoms. The number of nitrogens with one attached hydrogen (secondary N) is 1. The molecule has 1 N–H and O–H groups in total. The fourth-order valence-electron chi connectivity index (χ4n) is 1.52. The van der Waals surface area contributed by atoms with Crippen LogP contribution in [0, 0.1) is 18.3 Å². The van der Waals surface area contributed by atoms with Gasteiger partial charge in [-0.25, -0.2) is 4.98 Å². The van der Waals surface area contributed by atoms with Gasteiger partial charge in [-0.05, 0) is 42.8 Å². The molecule has 0 fully saturated rings. The van der Waals surface area contributed by atoms with Gasteiger partial charge in [0.1, 0.15) is 5.82 Å². The van der Waals surface area contributed by atoms with Crippen molar-refractivity contribution in [2.24, 2.45) is 0 Å². The van der Waals surface area contributed by atoms with Gasteiger partial charge in [0, 0.05) is 16.4 Å². The zero-order valence-corrected chi connectivity index (χ0v) is 10.8. The molecule has 2 aromatic rings. The first kappa shape index (κ1) is 11.6. The second-order valence-electron chi connectivity index (χ2n) is 3.68. The number of aryl methyl sites for hydroxylation is 1. The van der Waals surface area contributed by atoms with Gasteiger partial charge in [0.25, 0.3) is 0 Å². The molecular formula is C13H10BrN3. The first-order valence-electron chi connectivity index (χ1n) is 5.08. The minimum atomic E-state index is 0.592. The third-order valence-electron chi connectivity index (χ3n) is 2.20. The summed E-state index contributed by atoms with van der Waals surface area (Å²) in [6, 6.07) is 11.5. The molecule has 2 rings (SSSR count). The third kappa shape index (κ3) is 3.05. The Balaban J connectivity index is 2.28. The van der Waals surface area contributed by atoms with Crippen LogP contribution in [0.5, 0.6) is 0 Å². The Labute approximate surface area is 108 Å². The smallest absolute Gasteiger partial charge is 0.131 e. The standard InChI is InChI=1S/C13H10BrN3/c1-9-4-11(14)7-12(5-9)17-13-6-10(8-15)2-3-16-13/h2-7H,1H3,(H,16,17). The number of hydrogen-bond donors (Lipinski definition) is 1. The van der Waals surface area contributed by atoms with Crippen LogP contribution in [0.3, 0.4) is 0 Å². The van der Waals surface area contributed by atoms with Gasteiger partial charge >= 0.3 is 0 Å². The molecule has 0 radical (unpaired) electrons. The van der Waals surface area contributed by atoms with Gasteiger partial charge in [0.15, 0.2) is 0 Å². The van der Waals surface area contributed by atoms with E-state index >= 15 is 0 Å². The molecule has 0 aliphatic carbocycles. The topological polar surface area (TPSA) is 48.7 Å². The van der Waals surface area contributed by atoms with Crippen LogP contribution in [0.15, 0.2) is 41.0 Å². The van der Waals surface area contributed by atoms with E-state index in [-0.39, 0.29) is 0 Å². The monoisotopic (exact) mass is 287 g/mol. The van der Waals surface area contributed by atoms with E-state index in [1.54, 1.807) is 18.3 Å². The van der Waals surface area contributed by atoms with Gasteiger partial charge < -0.3 is 5.32 Å². The van der Waals surface area contributed by atoms with Crippen molar-refractivity contribution in [3.63, 3.8) is 0 Å². The quantitative estimate of drug-likeness (QED) is 0.915. The molecule has 0 bridgehead atoms. The van der Waals surface area contributed by atoms with Crippen LogP contribution >= 0.6 is 15.9 Å². The van der Waals surface area contributed by atoms with Crippen molar-refractivity contribution in [3.8, 4) is 6.07 Å². The third-order valence-corrected chi connectivity index (χ3v) is 2.66. The summed E-state index contributed by atoms with van der Waals surface area (Å²) in [6.07, 6.45) is 1.62. The summed E-state index contributed by atoms with van der Waals surface area (Å²) in [7, 11) is 0. The lowest BCUT2D eigenvalue weighted by Gasteiger charge is -2.07. The summed E-state index contributed by atoms with van der Waals surface area (Å²) in [5.41, 5.74) is 2.69. The second-order valence-corrected chi connectivity index (χ2v) is 4.60. The van der Waals surface area contributed by atoms with Crippen molar-refractivity contribution in [2.45, 2.75) is 6.92 Å². The van der Waals surface area contributed by atoms with Crippen molar-refractivity contribution in [1.29, 1.82) is 5.26 Å². The number of benzene rings is 1. The highest BCUT2D eigenvalue weighted by molar-refractivity contribution is 9.10. The number of aromatic nitrogens is 1. The first-order chi connectivity index (χ1) is 8.17. The molecule has 1 aromatic carbocycles. The van der Waals surface area contributed by atoms with Crippen molar-refractivity contribution < 1.29 is 0 Å². The fourth-order valence-corrected chi connectivity index (χ4v) is 2.13. The van der Waals surface area contributed by atoms with Crippen LogP contribution in [-0.4, -0.2) is 4.98 Å². The number of nitrogens with zero attached hydrogens (tertiary/aromatic N) is 2. The summed E-state index contributed by atoms with van der Waals surface area (Å²) in [5.74, 6) is 0.668. The lowest BCUT2D eigenvalue weighted by Crippen LogP contribution is -1.94. The normalized spacial score (nSPS) is 9.71. The SMILES string of the molecule is Cc1cc(Br)cc(Nc2cc(C#N)ccn2)c1. The molecule has 0 amide bonds. The molecule has 84 valence electrons. The van der Waals surface area contributed by atoms with Crippen LogP contribution in [-0.2, 0) is 0 Å². The number of pyridine rings is 1. The van der Waals surface area contributed by atoms with Crippen LogP contribution in [0.4, 0.5) is 11.5 Å². The predicted molar refractivity (Wildman–Crippen MR) is 71.1 cm³/mol. The summed E-state index contributed by atoms with van der Waals surface area (Å²) >= 11 is 3.44. The van der Waals surface area contributed by atoms with Gasteiger partial charge in [0.2, 0.25) is 0 Å². The maximum absolute atomic E-state index is 8.80. The Morgan fingerprint density at radius 3 is 2.82 bits per heavy atom. The molecule has 4 heteroatoms. The molecular weight excluding hydrogens is 278 g/mol. The van der Waals surface area contributed by atoms with Crippen LogP contribution in [0.2, 0.25) is 0 Å². The summed E-state index contributed by atoms with van der Waals surface area (Å²) in [6.45, 7) is 2.02. The molecule has 3 nitrogen and oxygen atoms in total. The fraction of sp³-hybridized carbons (Fsp3) is 0.0769. The van der Waals surface area contributed by atoms with E-state index in [9.17, 15) is 0 Å². The van der Waals surface area contributed by atoms with Crippen LogP contribution in [0.25, 0.3) is 0 Å². The van der Waals surface area contributed by atoms with Gasteiger partial charge in [0.05, 0.1) is 11.6 Å². The van der Waals surface area contributed by atoms with E-state index in [2.05, 4.69) is 32.3 Å². The highest BCUT2D eigenvalue weighted by Crippen LogP contribution is 2.22. The average Bonchev–Trinajstić information content (AvgIpc) is 2.28. The molecule has 0 spiro atoms. The molecule has 1 aromatic heterocycles. The molecule has 1 heterocycles. The number of nitriles is 1. The predicted octanol–water partition coefficient (Wildman–Crippen LogP) is 3.77. The number of rotatable bonds is 2. The van der Waals surface area contributed by atoms with E-state index in [1.807, 2.05) is 25.1 Å². The van der Waals surface area contributed by atoms with E-state index in [4.69, 9.17) is 5.26 Å². The first-order valence-corrected chi connectivity index (χ1v) is 5.87. The summed E-state index contributed by atoms with van der Waals surface area (Å²) < 4.78 is 1.01. The zero-order chi connectivity index (χ0) is 12.3. The second kappa shape index (κ2) is 4.98. The molecule has 0 aliphatic rings. The molecule has 0 atom stereocenters. The van der Waals surface area contributed by atoms with Crippen LogP contribution in [0.1, 0.15) is 11.1 Å². The van der Waals surface area contributed by atoms with E-state index in [0.29, 0.717) is 11.4 Å². The van der Waals surface area contributed by atoms with Gasteiger partial charge in [-0.2, -0.15) is 5.26 Å². The Morgan fingerprint density at radius 1 is 1.29 bits per heavy atom. The largest absolute Gasteiger partial charge is 0.340 e. The lowest BCUT2D eigenvalue weighted by atomic mass is 10.2.